The molecule has 0 unspecified atom stereocenters. The second-order valence-electron chi connectivity index (χ2n) is 7.20. The highest BCUT2D eigenvalue weighted by molar-refractivity contribution is 7.98. The molecule has 0 spiro atoms. The Kier molecular flexibility index (Phi) is 5.59. The second-order valence-corrected chi connectivity index (χ2v) is 7.97. The Hall–Kier alpha value is -2.62. The largest absolute Gasteiger partial charge is 0.444 e. The van der Waals surface area contributed by atoms with Gasteiger partial charge in [-0.3, -0.25) is 13.8 Å². The lowest BCUT2D eigenvalue weighted by molar-refractivity contribution is 0.0526. The van der Waals surface area contributed by atoms with Crippen LogP contribution in [0.4, 0.5) is 9.18 Å². The molecule has 3 rings (SSSR count). The zero-order chi connectivity index (χ0) is 20.5. The molecule has 1 aromatic carbocycles. The molecule has 0 aliphatic heterocycles. The molecule has 0 aliphatic rings. The fourth-order valence-corrected chi connectivity index (χ4v) is 3.34. The van der Waals surface area contributed by atoms with E-state index in [9.17, 15) is 14.0 Å². The number of ether oxygens (including phenoxy) is 1. The highest BCUT2D eigenvalue weighted by Gasteiger charge is 2.19. The van der Waals surface area contributed by atoms with E-state index in [0.29, 0.717) is 18.1 Å². The lowest BCUT2D eigenvalue weighted by Gasteiger charge is -2.19. The monoisotopic (exact) mass is 407 g/mol. The van der Waals surface area contributed by atoms with Gasteiger partial charge in [0.25, 0.3) is 5.56 Å². The van der Waals surface area contributed by atoms with Crippen LogP contribution < -0.4 is 10.9 Å². The number of nitrogens with zero attached hydrogens (tertiary/aromatic N) is 4. The maximum Gasteiger partial charge on any atom is 0.407 e. The van der Waals surface area contributed by atoms with Gasteiger partial charge in [-0.15, -0.1) is 10.2 Å². The molecule has 28 heavy (non-hydrogen) atoms. The topological polar surface area (TPSA) is 90.5 Å². The van der Waals surface area contributed by atoms with Gasteiger partial charge in [-0.05, 0) is 45.6 Å². The minimum Gasteiger partial charge on any atom is -0.444 e. The van der Waals surface area contributed by atoms with Gasteiger partial charge in [0.05, 0.1) is 10.9 Å². The van der Waals surface area contributed by atoms with Gasteiger partial charge in [0.15, 0.2) is 5.16 Å². The first-order chi connectivity index (χ1) is 13.2. The van der Waals surface area contributed by atoms with Crippen molar-refractivity contribution in [2.24, 2.45) is 0 Å². The molecule has 0 saturated carbocycles. The van der Waals surface area contributed by atoms with Crippen molar-refractivity contribution in [3.05, 3.63) is 34.4 Å². The fraction of sp³-hybridized carbons (Fsp3) is 0.444. The van der Waals surface area contributed by atoms with Crippen LogP contribution in [0.2, 0.25) is 0 Å². The average molecular weight is 407 g/mol. The molecule has 8 nitrogen and oxygen atoms in total. The van der Waals surface area contributed by atoms with Crippen LogP contribution >= 0.6 is 11.8 Å². The Balaban J connectivity index is 1.89. The third kappa shape index (κ3) is 3.96. The first kappa shape index (κ1) is 20.1. The lowest BCUT2D eigenvalue weighted by atomic mass is 10.2. The summed E-state index contributed by atoms with van der Waals surface area (Å²) in [6, 6.07) is 4.39. The molecule has 1 amide bonds. The molecule has 150 valence electrons. The zero-order valence-electron chi connectivity index (χ0n) is 16.2. The predicted molar refractivity (Wildman–Crippen MR) is 105 cm³/mol. The van der Waals surface area contributed by atoms with Crippen LogP contribution in [-0.4, -0.2) is 43.7 Å². The number of benzene rings is 1. The van der Waals surface area contributed by atoms with E-state index in [4.69, 9.17) is 4.74 Å². The van der Waals surface area contributed by atoms with Crippen molar-refractivity contribution in [3.63, 3.8) is 0 Å². The molecular formula is C18H22FN5O3S. The summed E-state index contributed by atoms with van der Waals surface area (Å²) in [7, 11) is 0. The molecule has 0 bridgehead atoms. The third-order valence-electron chi connectivity index (χ3n) is 3.95. The molecule has 2 heterocycles. The summed E-state index contributed by atoms with van der Waals surface area (Å²) >= 11 is 1.31. The molecule has 0 fully saturated rings. The van der Waals surface area contributed by atoms with Gasteiger partial charge in [0.2, 0.25) is 5.78 Å². The van der Waals surface area contributed by atoms with Crippen LogP contribution in [0.1, 0.15) is 27.2 Å². The number of thioether (sulfide) groups is 1. The first-order valence-electron chi connectivity index (χ1n) is 8.80. The number of carbonyl (C=O) groups is 1. The van der Waals surface area contributed by atoms with Crippen molar-refractivity contribution in [1.82, 2.24) is 24.5 Å². The normalized spacial score (nSPS) is 11.9. The molecule has 1 N–H and O–H groups in total. The van der Waals surface area contributed by atoms with Crippen molar-refractivity contribution in [1.29, 1.82) is 0 Å². The number of hydrogen-bond donors (Lipinski definition) is 1. The minimum atomic E-state index is -0.578. The highest BCUT2D eigenvalue weighted by atomic mass is 32.2. The Labute approximate surface area is 165 Å². The summed E-state index contributed by atoms with van der Waals surface area (Å²) in [4.78, 5) is 24.6. The van der Waals surface area contributed by atoms with Crippen molar-refractivity contribution in [3.8, 4) is 0 Å². The first-order valence-corrected chi connectivity index (χ1v) is 10.0. The van der Waals surface area contributed by atoms with E-state index in [1.807, 2.05) is 6.26 Å². The molecule has 0 aliphatic carbocycles. The van der Waals surface area contributed by atoms with E-state index in [-0.39, 0.29) is 28.8 Å². The summed E-state index contributed by atoms with van der Waals surface area (Å²) in [5, 5.41) is 11.5. The van der Waals surface area contributed by atoms with Gasteiger partial charge in [-0.2, -0.15) is 0 Å². The summed E-state index contributed by atoms with van der Waals surface area (Å²) < 4.78 is 22.6. The number of halogens is 1. The van der Waals surface area contributed by atoms with Crippen LogP contribution in [0.15, 0.2) is 28.2 Å². The number of aryl methyl sites for hydroxylation is 1. The molecule has 0 saturated heterocycles. The van der Waals surface area contributed by atoms with E-state index in [2.05, 4.69) is 15.5 Å². The summed E-state index contributed by atoms with van der Waals surface area (Å²) in [5.41, 5.74) is -0.759. The minimum absolute atomic E-state index is 0.167. The number of carbonyl (C=O) groups excluding carboxylic acids is 1. The fourth-order valence-electron chi connectivity index (χ4n) is 2.86. The van der Waals surface area contributed by atoms with Crippen LogP contribution in [0.25, 0.3) is 16.7 Å². The van der Waals surface area contributed by atoms with Crippen molar-refractivity contribution in [2.75, 3.05) is 12.8 Å². The standard InChI is InChI=1S/C18H22FN5O3S/c1-18(2,3)27-17(26)20-9-6-10-23-14(25)11-7-5-8-12(19)13(11)24-15(23)21-22-16(24)28-4/h5,7-8H,6,9-10H2,1-4H3,(H,20,26). The Bertz CT molecular complexity index is 1090. The van der Waals surface area contributed by atoms with Gasteiger partial charge in [-0.1, -0.05) is 17.8 Å². The van der Waals surface area contributed by atoms with Gasteiger partial charge in [0.1, 0.15) is 11.4 Å². The van der Waals surface area contributed by atoms with E-state index < -0.39 is 17.5 Å². The van der Waals surface area contributed by atoms with Crippen molar-refractivity contribution in [2.45, 2.75) is 44.5 Å². The van der Waals surface area contributed by atoms with E-state index >= 15 is 0 Å². The summed E-state index contributed by atoms with van der Waals surface area (Å²) in [6.45, 7) is 5.96. The number of fused-ring (bicyclic) bond motifs is 3. The number of rotatable bonds is 5. The molecular weight excluding hydrogens is 385 g/mol. The third-order valence-corrected chi connectivity index (χ3v) is 4.58. The number of nitrogens with one attached hydrogen (secondary N) is 1. The SMILES string of the molecule is CSc1nnc2n(CCCNC(=O)OC(C)(C)C)c(=O)c3cccc(F)c3n12. The molecule has 3 aromatic rings. The van der Waals surface area contributed by atoms with Gasteiger partial charge in [0, 0.05) is 13.1 Å². The number of alkyl carbamates (subject to hydrolysis) is 1. The Morgan fingerprint density at radius 3 is 2.75 bits per heavy atom. The number of amides is 1. The maximum atomic E-state index is 14.5. The second kappa shape index (κ2) is 7.78. The van der Waals surface area contributed by atoms with Crippen LogP contribution in [0.3, 0.4) is 0 Å². The zero-order valence-corrected chi connectivity index (χ0v) is 17.0. The summed E-state index contributed by atoms with van der Waals surface area (Å²) in [6.07, 6.45) is 1.76. The van der Waals surface area contributed by atoms with E-state index in [1.165, 1.54) is 28.5 Å². The summed E-state index contributed by atoms with van der Waals surface area (Å²) in [5.74, 6) is -0.238. The number of para-hydroxylation sites is 1. The van der Waals surface area contributed by atoms with Crippen LogP contribution in [0, 0.1) is 5.82 Å². The van der Waals surface area contributed by atoms with Gasteiger partial charge >= 0.3 is 6.09 Å². The quantitative estimate of drug-likeness (QED) is 0.517. The van der Waals surface area contributed by atoms with E-state index in [1.54, 1.807) is 31.2 Å². The smallest absolute Gasteiger partial charge is 0.407 e. The van der Waals surface area contributed by atoms with Crippen LogP contribution in [-0.2, 0) is 11.3 Å². The Morgan fingerprint density at radius 1 is 1.32 bits per heavy atom. The lowest BCUT2D eigenvalue weighted by Crippen LogP contribution is -2.33. The van der Waals surface area contributed by atoms with Crippen molar-refractivity contribution >= 4 is 34.5 Å². The molecule has 10 heteroatoms. The van der Waals surface area contributed by atoms with Gasteiger partial charge < -0.3 is 10.1 Å². The maximum absolute atomic E-state index is 14.5. The number of hydrogen-bond acceptors (Lipinski definition) is 6. The Morgan fingerprint density at radius 2 is 2.07 bits per heavy atom. The predicted octanol–water partition coefficient (Wildman–Crippen LogP) is 2.82. The van der Waals surface area contributed by atoms with E-state index in [0.717, 1.165) is 0 Å². The molecule has 0 atom stereocenters. The average Bonchev–Trinajstić information content (AvgIpc) is 3.03. The van der Waals surface area contributed by atoms with Gasteiger partial charge in [-0.25, -0.2) is 9.18 Å². The van der Waals surface area contributed by atoms with Crippen LogP contribution in [0.5, 0.6) is 0 Å². The molecule has 0 radical (unpaired) electrons. The van der Waals surface area contributed by atoms with Crippen molar-refractivity contribution < 1.29 is 13.9 Å². The number of aromatic nitrogens is 4. The molecule has 2 aromatic heterocycles. The highest BCUT2D eigenvalue weighted by Crippen LogP contribution is 2.22.